The second kappa shape index (κ2) is 12.0. The van der Waals surface area contributed by atoms with Gasteiger partial charge in [-0.3, -0.25) is 19.7 Å². The first-order valence-electron chi connectivity index (χ1n) is 11.7. The van der Waals surface area contributed by atoms with Crippen molar-refractivity contribution < 1.29 is 14.2 Å². The molecule has 0 spiro atoms. The van der Waals surface area contributed by atoms with E-state index in [1.807, 2.05) is 6.07 Å². The predicted octanol–water partition coefficient (Wildman–Crippen LogP) is 3.63. The SMILES string of the molecule is COc1cc(OC)c(Cl)c(-c2cc3cnc(C(C=NCCN4CCOCC4)=CN)cc3n(C)c2=O)c1Cl. The van der Waals surface area contributed by atoms with Gasteiger partial charge in [-0.05, 0) is 12.1 Å². The van der Waals surface area contributed by atoms with Gasteiger partial charge >= 0.3 is 0 Å². The van der Waals surface area contributed by atoms with Crippen molar-refractivity contribution in [3.8, 4) is 22.6 Å². The summed E-state index contributed by atoms with van der Waals surface area (Å²) < 4.78 is 17.6. The van der Waals surface area contributed by atoms with E-state index in [9.17, 15) is 4.79 Å². The van der Waals surface area contributed by atoms with E-state index in [2.05, 4.69) is 14.9 Å². The van der Waals surface area contributed by atoms with Crippen LogP contribution >= 0.6 is 23.2 Å². The van der Waals surface area contributed by atoms with E-state index in [1.165, 1.54) is 25.0 Å². The molecular formula is C26H29Cl2N5O4. The van der Waals surface area contributed by atoms with Crippen molar-refractivity contribution in [3.63, 3.8) is 0 Å². The lowest BCUT2D eigenvalue weighted by molar-refractivity contribution is 0.0395. The highest BCUT2D eigenvalue weighted by atomic mass is 35.5. The molecule has 196 valence electrons. The van der Waals surface area contributed by atoms with Crippen molar-refractivity contribution in [1.82, 2.24) is 14.5 Å². The van der Waals surface area contributed by atoms with Crippen LogP contribution in [-0.2, 0) is 11.8 Å². The Morgan fingerprint density at radius 1 is 1.16 bits per heavy atom. The third-order valence-electron chi connectivity index (χ3n) is 6.31. The van der Waals surface area contributed by atoms with Crippen molar-refractivity contribution >= 4 is 45.9 Å². The molecule has 3 heterocycles. The van der Waals surface area contributed by atoms with Gasteiger partial charge in [0, 0.05) is 67.9 Å². The van der Waals surface area contributed by atoms with E-state index < -0.39 is 0 Å². The van der Waals surface area contributed by atoms with Crippen molar-refractivity contribution in [1.29, 1.82) is 0 Å². The number of aliphatic imine (C=N–C) groups is 1. The topological polar surface area (TPSA) is 104 Å². The van der Waals surface area contributed by atoms with E-state index in [1.54, 1.807) is 31.6 Å². The van der Waals surface area contributed by atoms with Gasteiger partial charge in [0.2, 0.25) is 0 Å². The van der Waals surface area contributed by atoms with Crippen LogP contribution < -0.4 is 20.8 Å². The molecule has 1 aliphatic rings. The Morgan fingerprint density at radius 2 is 1.84 bits per heavy atom. The van der Waals surface area contributed by atoms with Gasteiger partial charge in [-0.25, -0.2) is 0 Å². The summed E-state index contributed by atoms with van der Waals surface area (Å²) in [5.74, 6) is 0.693. The summed E-state index contributed by atoms with van der Waals surface area (Å²) in [7, 11) is 4.65. The highest BCUT2D eigenvalue weighted by Gasteiger charge is 2.22. The van der Waals surface area contributed by atoms with Crippen LogP contribution in [0.1, 0.15) is 5.69 Å². The minimum absolute atomic E-state index is 0.218. The van der Waals surface area contributed by atoms with Crippen LogP contribution in [0.5, 0.6) is 11.5 Å². The number of hydrogen-bond donors (Lipinski definition) is 1. The Labute approximate surface area is 225 Å². The highest BCUT2D eigenvalue weighted by molar-refractivity contribution is 6.41. The van der Waals surface area contributed by atoms with Gasteiger partial charge in [-0.2, -0.15) is 0 Å². The Kier molecular flexibility index (Phi) is 8.71. The molecule has 0 atom stereocenters. The molecule has 1 saturated heterocycles. The maximum absolute atomic E-state index is 13.5. The Balaban J connectivity index is 1.68. The third-order valence-corrected chi connectivity index (χ3v) is 7.06. The third kappa shape index (κ3) is 5.60. The largest absolute Gasteiger partial charge is 0.495 e. The summed E-state index contributed by atoms with van der Waals surface area (Å²) in [5, 5.41) is 1.15. The van der Waals surface area contributed by atoms with Gasteiger partial charge in [0.1, 0.15) is 11.5 Å². The second-order valence-corrected chi connectivity index (χ2v) is 9.20. The molecule has 11 heteroatoms. The molecule has 2 N–H and O–H groups in total. The molecule has 2 aromatic heterocycles. The van der Waals surface area contributed by atoms with Crippen molar-refractivity contribution in [2.75, 3.05) is 53.6 Å². The molecule has 4 rings (SSSR count). The zero-order valence-electron chi connectivity index (χ0n) is 21.0. The molecule has 9 nitrogen and oxygen atoms in total. The number of pyridine rings is 2. The molecule has 0 aliphatic carbocycles. The van der Waals surface area contributed by atoms with Crippen molar-refractivity contribution in [2.24, 2.45) is 17.8 Å². The number of fused-ring (bicyclic) bond motifs is 1. The number of hydrogen-bond acceptors (Lipinski definition) is 8. The normalized spacial score (nSPS) is 15.0. The number of halogens is 2. The highest BCUT2D eigenvalue weighted by Crippen LogP contribution is 2.45. The van der Waals surface area contributed by atoms with Crippen LogP contribution in [0.15, 0.2) is 40.4 Å². The molecule has 0 radical (unpaired) electrons. The molecular weight excluding hydrogens is 517 g/mol. The Hall–Kier alpha value is -3.11. The first-order chi connectivity index (χ1) is 17.9. The van der Waals surface area contributed by atoms with Gasteiger partial charge in [0.05, 0.1) is 60.8 Å². The van der Waals surface area contributed by atoms with Gasteiger partial charge in [0.25, 0.3) is 5.56 Å². The number of morpholine rings is 1. The lowest BCUT2D eigenvalue weighted by atomic mass is 10.0. The van der Waals surface area contributed by atoms with E-state index in [4.69, 9.17) is 43.1 Å². The number of ether oxygens (including phenoxy) is 3. The van der Waals surface area contributed by atoms with Gasteiger partial charge in [-0.15, -0.1) is 0 Å². The second-order valence-electron chi connectivity index (χ2n) is 8.45. The first-order valence-corrected chi connectivity index (χ1v) is 12.5. The van der Waals surface area contributed by atoms with Crippen LogP contribution in [0.3, 0.4) is 0 Å². The Bertz CT molecular complexity index is 1390. The zero-order chi connectivity index (χ0) is 26.5. The number of benzene rings is 1. The number of aryl methyl sites for hydroxylation is 1. The molecule has 0 unspecified atom stereocenters. The summed E-state index contributed by atoms with van der Waals surface area (Å²) in [4.78, 5) is 24.9. The average molecular weight is 546 g/mol. The zero-order valence-corrected chi connectivity index (χ0v) is 22.5. The summed E-state index contributed by atoms with van der Waals surface area (Å²) >= 11 is 13.1. The maximum atomic E-state index is 13.5. The van der Waals surface area contributed by atoms with Gasteiger partial charge in [0.15, 0.2) is 0 Å². The van der Waals surface area contributed by atoms with Crippen molar-refractivity contribution in [2.45, 2.75) is 0 Å². The number of methoxy groups -OCH3 is 2. The average Bonchev–Trinajstić information content (AvgIpc) is 2.92. The fraction of sp³-hybridized carbons (Fsp3) is 0.346. The summed E-state index contributed by atoms with van der Waals surface area (Å²) in [5.41, 5.74) is 8.16. The van der Waals surface area contributed by atoms with Crippen LogP contribution in [-0.4, -0.2) is 74.3 Å². The van der Waals surface area contributed by atoms with Crippen LogP contribution in [0, 0.1) is 0 Å². The first kappa shape index (κ1) is 26.9. The molecule has 1 aromatic carbocycles. The van der Waals surface area contributed by atoms with E-state index >= 15 is 0 Å². The number of nitrogens with zero attached hydrogens (tertiary/aromatic N) is 4. The predicted molar refractivity (Wildman–Crippen MR) is 148 cm³/mol. The van der Waals surface area contributed by atoms with Gasteiger partial charge in [-0.1, -0.05) is 23.2 Å². The Morgan fingerprint density at radius 3 is 2.46 bits per heavy atom. The van der Waals surface area contributed by atoms with Crippen molar-refractivity contribution in [3.05, 3.63) is 56.7 Å². The fourth-order valence-corrected chi connectivity index (χ4v) is 4.91. The smallest absolute Gasteiger partial charge is 0.258 e. The van der Waals surface area contributed by atoms with Crippen LogP contribution in [0.25, 0.3) is 27.6 Å². The molecule has 0 bridgehead atoms. The minimum Gasteiger partial charge on any atom is -0.495 e. The summed E-state index contributed by atoms with van der Waals surface area (Å²) in [6.07, 6.45) is 4.85. The quantitative estimate of drug-likeness (QED) is 0.431. The standard InChI is InChI=1S/C26H29Cl2N5O4/c1-32-20-11-19(17(13-29)14-30-4-5-33-6-8-37-9-7-33)31-15-16(20)10-18(26(32)34)23-24(27)21(35-2)12-22(36-3)25(23)28/h10-15H,4-9,29H2,1-3H3. The molecule has 0 saturated carbocycles. The van der Waals surface area contributed by atoms with E-state index in [0.29, 0.717) is 46.0 Å². The molecule has 37 heavy (non-hydrogen) atoms. The number of aromatic nitrogens is 2. The van der Waals surface area contributed by atoms with E-state index in [0.717, 1.165) is 38.2 Å². The molecule has 0 amide bonds. The fourth-order valence-electron chi connectivity index (χ4n) is 4.20. The van der Waals surface area contributed by atoms with E-state index in [-0.39, 0.29) is 15.6 Å². The number of nitrogens with two attached hydrogens (primary N) is 1. The van der Waals surface area contributed by atoms with Crippen LogP contribution in [0.2, 0.25) is 10.0 Å². The number of allylic oxidation sites excluding steroid dienone is 1. The molecule has 1 aliphatic heterocycles. The summed E-state index contributed by atoms with van der Waals surface area (Å²) in [6, 6.07) is 5.10. The lowest BCUT2D eigenvalue weighted by Crippen LogP contribution is -2.37. The summed E-state index contributed by atoms with van der Waals surface area (Å²) in [6.45, 7) is 4.82. The number of rotatable bonds is 8. The lowest BCUT2D eigenvalue weighted by Gasteiger charge is -2.25. The van der Waals surface area contributed by atoms with Gasteiger partial charge < -0.3 is 24.5 Å². The monoisotopic (exact) mass is 545 g/mol. The molecule has 3 aromatic rings. The van der Waals surface area contributed by atoms with Crippen LogP contribution in [0.4, 0.5) is 0 Å². The maximum Gasteiger partial charge on any atom is 0.258 e. The molecule has 1 fully saturated rings. The minimum atomic E-state index is -0.291.